The molecule has 0 radical (unpaired) electrons. The number of carbonyl (C=O) groups excluding carboxylic acids is 1. The predicted molar refractivity (Wildman–Crippen MR) is 119 cm³/mol. The van der Waals surface area contributed by atoms with Crippen LogP contribution in [0.15, 0.2) is 60.8 Å². The molecule has 0 aromatic carbocycles. The molecular weight excluding hydrogens is 348 g/mol. The van der Waals surface area contributed by atoms with Crippen molar-refractivity contribution in [1.82, 2.24) is 10.4 Å². The van der Waals surface area contributed by atoms with Crippen LogP contribution in [0.5, 0.6) is 0 Å². The summed E-state index contributed by atoms with van der Waals surface area (Å²) >= 11 is 0. The molecule has 28 heavy (non-hydrogen) atoms. The zero-order chi connectivity index (χ0) is 20.1. The van der Waals surface area contributed by atoms with E-state index >= 15 is 0 Å². The molecule has 4 nitrogen and oxygen atoms in total. The maximum Gasteiger partial charge on any atom is 0.349 e. The van der Waals surface area contributed by atoms with Gasteiger partial charge in [0.25, 0.3) is 0 Å². The van der Waals surface area contributed by atoms with E-state index < -0.39 is 0 Å². The number of piperazine rings is 1. The highest BCUT2D eigenvalue weighted by Crippen LogP contribution is 2.08. The smallest absolute Gasteiger partial charge is 0.349 e. The zero-order valence-corrected chi connectivity index (χ0v) is 17.5. The van der Waals surface area contributed by atoms with E-state index in [1.807, 2.05) is 36.5 Å². The van der Waals surface area contributed by atoms with Crippen molar-refractivity contribution in [3.8, 4) is 0 Å². The lowest BCUT2D eigenvalue weighted by Gasteiger charge is -2.24. The predicted octanol–water partition coefficient (Wildman–Crippen LogP) is 5.27. The van der Waals surface area contributed by atoms with Crippen LogP contribution < -0.4 is 5.32 Å². The summed E-state index contributed by atoms with van der Waals surface area (Å²) in [5.74, 6) is -0.332. The van der Waals surface area contributed by atoms with Gasteiger partial charge >= 0.3 is 5.97 Å². The summed E-state index contributed by atoms with van der Waals surface area (Å²) in [4.78, 5) is 16.8. The molecule has 0 spiro atoms. The molecule has 0 aromatic rings. The molecule has 4 heteroatoms. The fraction of sp³-hybridized carbons (Fsp3) is 0.542. The molecule has 1 fully saturated rings. The molecule has 0 aliphatic carbocycles. The quantitative estimate of drug-likeness (QED) is 0.251. The van der Waals surface area contributed by atoms with Crippen molar-refractivity contribution in [3.63, 3.8) is 0 Å². The standard InChI is InChI=1S/C24H38N2O2/c1-2-3-4-5-6-7-8-9-10-11-12-13-14-15-16-17-18-19-24(27)28-26-22-20-25-21-23-26/h10-19,25H,2-9,20-23H2,1H3/b11-10+,13-12+,15-14+,17-16+,19-18+. The Labute approximate surface area is 171 Å². The van der Waals surface area contributed by atoms with E-state index in [9.17, 15) is 4.79 Å². The lowest BCUT2D eigenvalue weighted by Crippen LogP contribution is -2.44. The number of nitrogens with zero attached hydrogens (tertiary/aromatic N) is 1. The Hall–Kier alpha value is -1.91. The molecule has 0 amide bonds. The van der Waals surface area contributed by atoms with Gasteiger partial charge in [-0.25, -0.2) is 4.79 Å². The van der Waals surface area contributed by atoms with Gasteiger partial charge in [-0.1, -0.05) is 100 Å². The van der Waals surface area contributed by atoms with Gasteiger partial charge in [-0.3, -0.25) is 0 Å². The van der Waals surface area contributed by atoms with Gasteiger partial charge in [-0.2, -0.15) is 0 Å². The van der Waals surface area contributed by atoms with Crippen LogP contribution in [0, 0.1) is 0 Å². The van der Waals surface area contributed by atoms with Gasteiger partial charge < -0.3 is 10.2 Å². The first-order valence-electron chi connectivity index (χ1n) is 10.8. The van der Waals surface area contributed by atoms with Gasteiger partial charge in [0.2, 0.25) is 0 Å². The van der Waals surface area contributed by atoms with E-state index in [-0.39, 0.29) is 5.97 Å². The molecule has 0 atom stereocenters. The van der Waals surface area contributed by atoms with Crippen LogP contribution in [0.3, 0.4) is 0 Å². The second kappa shape index (κ2) is 18.5. The summed E-state index contributed by atoms with van der Waals surface area (Å²) in [5.41, 5.74) is 0. The Morgan fingerprint density at radius 2 is 1.39 bits per heavy atom. The Morgan fingerprint density at radius 3 is 2.07 bits per heavy atom. The molecule has 1 saturated heterocycles. The number of carbonyl (C=O) groups is 1. The van der Waals surface area contributed by atoms with E-state index in [1.54, 1.807) is 11.1 Å². The third-order valence-corrected chi connectivity index (χ3v) is 4.42. The molecule has 1 aliphatic heterocycles. The third-order valence-electron chi connectivity index (χ3n) is 4.42. The molecular formula is C24H38N2O2. The minimum absolute atomic E-state index is 0.332. The summed E-state index contributed by atoms with van der Waals surface area (Å²) in [7, 11) is 0. The van der Waals surface area contributed by atoms with Crippen molar-refractivity contribution < 1.29 is 9.63 Å². The minimum atomic E-state index is -0.332. The van der Waals surface area contributed by atoms with Crippen LogP contribution >= 0.6 is 0 Å². The van der Waals surface area contributed by atoms with Crippen LogP contribution in [0.4, 0.5) is 0 Å². The van der Waals surface area contributed by atoms with E-state index in [1.165, 1.54) is 51.0 Å². The van der Waals surface area contributed by atoms with Crippen LogP contribution in [-0.4, -0.2) is 37.2 Å². The monoisotopic (exact) mass is 386 g/mol. The number of hydroxylamine groups is 2. The summed E-state index contributed by atoms with van der Waals surface area (Å²) in [5, 5.41) is 4.91. The molecule has 1 N–H and O–H groups in total. The Morgan fingerprint density at radius 1 is 0.821 bits per heavy atom. The fourth-order valence-corrected chi connectivity index (χ4v) is 2.81. The molecule has 0 saturated carbocycles. The number of nitrogens with one attached hydrogen (secondary N) is 1. The number of hydrogen-bond donors (Lipinski definition) is 1. The third kappa shape index (κ3) is 15.2. The lowest BCUT2D eigenvalue weighted by atomic mass is 10.1. The van der Waals surface area contributed by atoms with E-state index in [4.69, 9.17) is 4.84 Å². The Balaban J connectivity index is 2.01. The maximum absolute atomic E-state index is 11.6. The lowest BCUT2D eigenvalue weighted by molar-refractivity contribution is -0.186. The largest absolute Gasteiger partial charge is 0.364 e. The van der Waals surface area contributed by atoms with E-state index in [0.717, 1.165) is 32.6 Å². The second-order valence-corrected chi connectivity index (χ2v) is 6.94. The van der Waals surface area contributed by atoms with Gasteiger partial charge in [0, 0.05) is 32.3 Å². The first kappa shape index (κ1) is 24.1. The minimum Gasteiger partial charge on any atom is -0.364 e. The first-order valence-corrected chi connectivity index (χ1v) is 10.8. The highest BCUT2D eigenvalue weighted by molar-refractivity contribution is 5.82. The van der Waals surface area contributed by atoms with Crippen LogP contribution in [0.1, 0.15) is 58.3 Å². The number of hydrogen-bond acceptors (Lipinski definition) is 4. The van der Waals surface area contributed by atoms with Crippen LogP contribution in [0.2, 0.25) is 0 Å². The van der Waals surface area contributed by atoms with Crippen molar-refractivity contribution in [2.24, 2.45) is 0 Å². The molecule has 156 valence electrons. The Bertz CT molecular complexity index is 527. The van der Waals surface area contributed by atoms with Crippen molar-refractivity contribution in [2.45, 2.75) is 58.3 Å². The molecule has 1 rings (SSSR count). The average molecular weight is 387 g/mol. The van der Waals surface area contributed by atoms with Crippen molar-refractivity contribution in [3.05, 3.63) is 60.8 Å². The number of unbranched alkanes of at least 4 members (excludes halogenated alkanes) is 7. The SMILES string of the molecule is CCCCCCCCC/C=C/C=C/C=C/C=C/C=C/C(=O)ON1CCNCC1. The fourth-order valence-electron chi connectivity index (χ4n) is 2.81. The van der Waals surface area contributed by atoms with Gasteiger partial charge in [-0.05, 0) is 12.8 Å². The molecule has 0 unspecified atom stereocenters. The zero-order valence-electron chi connectivity index (χ0n) is 17.5. The number of allylic oxidation sites excluding steroid dienone is 9. The van der Waals surface area contributed by atoms with Crippen molar-refractivity contribution in [1.29, 1.82) is 0 Å². The summed E-state index contributed by atoms with van der Waals surface area (Å²) in [6.45, 7) is 5.43. The van der Waals surface area contributed by atoms with Crippen LogP contribution in [-0.2, 0) is 9.63 Å². The molecule has 1 heterocycles. The summed E-state index contributed by atoms with van der Waals surface area (Å²) < 4.78 is 0. The number of rotatable bonds is 14. The van der Waals surface area contributed by atoms with Gasteiger partial charge in [0.05, 0.1) is 0 Å². The average Bonchev–Trinajstić information content (AvgIpc) is 2.71. The Kier molecular flexibility index (Phi) is 15.9. The molecule has 0 aromatic heterocycles. The highest BCUT2D eigenvalue weighted by Gasteiger charge is 2.12. The molecule has 0 bridgehead atoms. The van der Waals surface area contributed by atoms with Gasteiger partial charge in [-0.15, -0.1) is 5.06 Å². The molecule has 1 aliphatic rings. The van der Waals surface area contributed by atoms with Crippen molar-refractivity contribution in [2.75, 3.05) is 26.2 Å². The van der Waals surface area contributed by atoms with Gasteiger partial charge in [0.15, 0.2) is 0 Å². The van der Waals surface area contributed by atoms with E-state index in [0.29, 0.717) is 0 Å². The van der Waals surface area contributed by atoms with Gasteiger partial charge in [0.1, 0.15) is 0 Å². The first-order chi connectivity index (χ1) is 13.8. The normalized spacial score (nSPS) is 16.5. The van der Waals surface area contributed by atoms with Crippen LogP contribution in [0.25, 0.3) is 0 Å². The summed E-state index contributed by atoms with van der Waals surface area (Å²) in [6.07, 6.45) is 29.8. The van der Waals surface area contributed by atoms with Crippen molar-refractivity contribution >= 4 is 5.97 Å². The van der Waals surface area contributed by atoms with E-state index in [2.05, 4.69) is 24.4 Å². The summed E-state index contributed by atoms with van der Waals surface area (Å²) in [6, 6.07) is 0. The maximum atomic E-state index is 11.6. The second-order valence-electron chi connectivity index (χ2n) is 6.94. The topological polar surface area (TPSA) is 41.6 Å². The highest BCUT2D eigenvalue weighted by atomic mass is 16.7.